The Hall–Kier alpha value is -3.34. The number of carbonyl (C=O) groups is 2. The Morgan fingerprint density at radius 1 is 1.03 bits per heavy atom. The summed E-state index contributed by atoms with van der Waals surface area (Å²) in [5.41, 5.74) is 0.797. The minimum Gasteiger partial charge on any atom is -0.368 e. The van der Waals surface area contributed by atoms with Crippen molar-refractivity contribution in [2.45, 2.75) is 6.18 Å². The van der Waals surface area contributed by atoms with E-state index in [0.29, 0.717) is 11.4 Å². The van der Waals surface area contributed by atoms with Crippen LogP contribution in [0.4, 0.5) is 30.2 Å². The molecule has 2 amide bonds. The summed E-state index contributed by atoms with van der Waals surface area (Å²) in [6.45, 7) is 0.359. The van der Waals surface area contributed by atoms with Crippen molar-refractivity contribution in [2.75, 3.05) is 36.4 Å². The lowest BCUT2D eigenvalue weighted by molar-refractivity contribution is -0.384. The fourth-order valence-electron chi connectivity index (χ4n) is 3.10. The molecule has 3 rings (SSSR count). The van der Waals surface area contributed by atoms with Crippen molar-refractivity contribution < 1.29 is 27.7 Å². The molecule has 1 aliphatic rings. The topological polar surface area (TPSA) is 95.8 Å². The molecule has 0 aliphatic carbocycles. The Morgan fingerprint density at radius 3 is 2.19 bits per heavy atom. The zero-order valence-electron chi connectivity index (χ0n) is 15.9. The van der Waals surface area contributed by atoms with Crippen LogP contribution in [0, 0.1) is 10.1 Å². The molecule has 12 heteroatoms. The van der Waals surface area contributed by atoms with E-state index < -0.39 is 22.9 Å². The fraction of sp³-hybridized carbons (Fsp3) is 0.263. The molecule has 2 aromatic rings. The van der Waals surface area contributed by atoms with Gasteiger partial charge >= 0.3 is 12.1 Å². The molecule has 0 radical (unpaired) electrons. The van der Waals surface area contributed by atoms with E-state index in [-0.39, 0.29) is 42.5 Å². The minimum absolute atomic E-state index is 0.0506. The zero-order valence-corrected chi connectivity index (χ0v) is 16.6. The molecule has 8 nitrogen and oxygen atoms in total. The first kappa shape index (κ1) is 22.3. The Labute approximate surface area is 179 Å². The van der Waals surface area contributed by atoms with Crippen molar-refractivity contribution in [1.82, 2.24) is 4.90 Å². The number of nitro groups is 1. The number of halogens is 4. The van der Waals surface area contributed by atoms with Gasteiger partial charge in [-0.15, -0.1) is 0 Å². The summed E-state index contributed by atoms with van der Waals surface area (Å²) in [4.78, 5) is 36.6. The molecule has 164 valence electrons. The van der Waals surface area contributed by atoms with Crippen LogP contribution in [0.15, 0.2) is 42.5 Å². The van der Waals surface area contributed by atoms with Gasteiger partial charge in [0.1, 0.15) is 0 Å². The second-order valence-corrected chi connectivity index (χ2v) is 7.11. The molecular weight excluding hydrogens is 441 g/mol. The summed E-state index contributed by atoms with van der Waals surface area (Å²) in [6, 6.07) is 10.1. The van der Waals surface area contributed by atoms with Crippen molar-refractivity contribution >= 4 is 40.5 Å². The van der Waals surface area contributed by atoms with E-state index >= 15 is 0 Å². The van der Waals surface area contributed by atoms with Gasteiger partial charge < -0.3 is 15.1 Å². The molecule has 1 aliphatic heterocycles. The third-order valence-corrected chi connectivity index (χ3v) is 5.03. The average Bonchev–Trinajstić information content (AvgIpc) is 2.73. The molecule has 0 atom stereocenters. The van der Waals surface area contributed by atoms with Crippen LogP contribution in [0.5, 0.6) is 0 Å². The molecule has 0 unspecified atom stereocenters. The largest absolute Gasteiger partial charge is 0.471 e. The van der Waals surface area contributed by atoms with E-state index in [4.69, 9.17) is 11.6 Å². The number of carbonyl (C=O) groups excluding carboxylic acids is 2. The lowest BCUT2D eigenvalue weighted by Gasteiger charge is -2.36. The summed E-state index contributed by atoms with van der Waals surface area (Å²) < 4.78 is 37.6. The van der Waals surface area contributed by atoms with Crippen molar-refractivity contribution in [1.29, 1.82) is 0 Å². The van der Waals surface area contributed by atoms with Crippen LogP contribution < -0.4 is 10.2 Å². The summed E-state index contributed by atoms with van der Waals surface area (Å²) in [5, 5.41) is 13.5. The standard InChI is InChI=1S/C19H16ClF3N4O4/c20-16-6-5-14(27(30)31)11-15(16)17(28)24-12-1-3-13(4-2-12)25-7-9-26(10-8-25)18(29)19(21,22)23/h1-6,11H,7-10H2,(H,24,28). The van der Waals surface area contributed by atoms with Crippen LogP contribution in [0.1, 0.15) is 10.4 Å². The quantitative estimate of drug-likeness (QED) is 0.559. The number of benzene rings is 2. The number of rotatable bonds is 4. The van der Waals surface area contributed by atoms with E-state index in [1.54, 1.807) is 24.3 Å². The first-order valence-corrected chi connectivity index (χ1v) is 9.40. The number of hydrogen-bond acceptors (Lipinski definition) is 5. The maximum Gasteiger partial charge on any atom is 0.471 e. The van der Waals surface area contributed by atoms with Gasteiger partial charge in [0.15, 0.2) is 0 Å². The Kier molecular flexibility index (Phi) is 6.34. The van der Waals surface area contributed by atoms with Crippen molar-refractivity contribution in [3.05, 3.63) is 63.2 Å². The lowest BCUT2D eigenvalue weighted by atomic mass is 10.1. The summed E-state index contributed by atoms with van der Waals surface area (Å²) in [7, 11) is 0. The minimum atomic E-state index is -4.88. The average molecular weight is 457 g/mol. The van der Waals surface area contributed by atoms with Crippen LogP contribution in [0.25, 0.3) is 0 Å². The van der Waals surface area contributed by atoms with E-state index in [2.05, 4.69) is 5.32 Å². The number of nitrogens with zero attached hydrogens (tertiary/aromatic N) is 3. The zero-order chi connectivity index (χ0) is 22.8. The molecule has 2 aromatic carbocycles. The highest BCUT2D eigenvalue weighted by atomic mass is 35.5. The lowest BCUT2D eigenvalue weighted by Crippen LogP contribution is -2.52. The first-order valence-electron chi connectivity index (χ1n) is 9.02. The van der Waals surface area contributed by atoms with Crippen LogP contribution >= 0.6 is 11.6 Å². The van der Waals surface area contributed by atoms with E-state index in [9.17, 15) is 32.9 Å². The molecule has 0 bridgehead atoms. The van der Waals surface area contributed by atoms with Gasteiger partial charge in [0.25, 0.3) is 11.6 Å². The molecule has 0 saturated carbocycles. The second kappa shape index (κ2) is 8.80. The SMILES string of the molecule is O=C(Nc1ccc(N2CCN(C(=O)C(F)(F)F)CC2)cc1)c1cc([N+](=O)[O-])ccc1Cl. The third kappa shape index (κ3) is 5.23. The van der Waals surface area contributed by atoms with Gasteiger partial charge in [0.2, 0.25) is 0 Å². The normalized spacial score (nSPS) is 14.3. The summed E-state index contributed by atoms with van der Waals surface area (Å²) in [6.07, 6.45) is -4.88. The van der Waals surface area contributed by atoms with Gasteiger partial charge in [0.05, 0.1) is 15.5 Å². The van der Waals surface area contributed by atoms with Crippen LogP contribution in [-0.4, -0.2) is 54.0 Å². The van der Waals surface area contributed by atoms with Crippen molar-refractivity contribution in [3.8, 4) is 0 Å². The molecule has 1 N–H and O–H groups in total. The van der Waals surface area contributed by atoms with Gasteiger partial charge in [-0.25, -0.2) is 0 Å². The predicted octanol–water partition coefficient (Wildman–Crippen LogP) is 3.71. The van der Waals surface area contributed by atoms with Gasteiger partial charge in [-0.2, -0.15) is 13.2 Å². The van der Waals surface area contributed by atoms with E-state index in [0.717, 1.165) is 11.0 Å². The van der Waals surface area contributed by atoms with E-state index in [1.807, 2.05) is 4.90 Å². The van der Waals surface area contributed by atoms with Gasteiger partial charge in [-0.1, -0.05) is 11.6 Å². The summed E-state index contributed by atoms with van der Waals surface area (Å²) in [5.74, 6) is -2.47. The highest BCUT2D eigenvalue weighted by Crippen LogP contribution is 2.25. The number of nitro benzene ring substituents is 1. The van der Waals surface area contributed by atoms with Gasteiger partial charge in [-0.3, -0.25) is 19.7 Å². The molecule has 1 heterocycles. The number of anilines is 2. The van der Waals surface area contributed by atoms with Crippen molar-refractivity contribution in [2.24, 2.45) is 0 Å². The first-order chi connectivity index (χ1) is 14.6. The Balaban J connectivity index is 1.63. The Bertz CT molecular complexity index is 1010. The monoisotopic (exact) mass is 456 g/mol. The van der Waals surface area contributed by atoms with E-state index in [1.165, 1.54) is 12.1 Å². The second-order valence-electron chi connectivity index (χ2n) is 6.70. The maximum atomic E-state index is 12.5. The smallest absolute Gasteiger partial charge is 0.368 e. The predicted molar refractivity (Wildman–Crippen MR) is 107 cm³/mol. The molecule has 0 spiro atoms. The molecular formula is C19H16ClF3N4O4. The Morgan fingerprint density at radius 2 is 1.65 bits per heavy atom. The number of non-ortho nitro benzene ring substituents is 1. The number of piperazine rings is 1. The molecule has 1 fully saturated rings. The van der Waals surface area contributed by atoms with Crippen LogP contribution in [0.2, 0.25) is 5.02 Å². The van der Waals surface area contributed by atoms with Crippen molar-refractivity contribution in [3.63, 3.8) is 0 Å². The maximum absolute atomic E-state index is 12.5. The number of nitrogens with one attached hydrogen (secondary N) is 1. The molecule has 0 aromatic heterocycles. The number of amides is 2. The number of alkyl halides is 3. The fourth-order valence-corrected chi connectivity index (χ4v) is 3.31. The highest BCUT2D eigenvalue weighted by molar-refractivity contribution is 6.34. The molecule has 1 saturated heterocycles. The molecule has 31 heavy (non-hydrogen) atoms. The van der Waals surface area contributed by atoms with Gasteiger partial charge in [0, 0.05) is 49.7 Å². The number of hydrogen-bond donors (Lipinski definition) is 1. The van der Waals surface area contributed by atoms with Gasteiger partial charge in [-0.05, 0) is 30.3 Å². The highest BCUT2D eigenvalue weighted by Gasteiger charge is 2.43. The third-order valence-electron chi connectivity index (χ3n) is 4.71. The van der Waals surface area contributed by atoms with Crippen LogP contribution in [0.3, 0.4) is 0 Å². The van der Waals surface area contributed by atoms with Crippen LogP contribution in [-0.2, 0) is 4.79 Å². The summed E-state index contributed by atoms with van der Waals surface area (Å²) >= 11 is 5.96.